The van der Waals surface area contributed by atoms with Gasteiger partial charge in [-0.2, -0.15) is 0 Å². The fourth-order valence-corrected chi connectivity index (χ4v) is 2.30. The Kier molecular flexibility index (Phi) is 4.29. The second-order valence-corrected chi connectivity index (χ2v) is 5.13. The smallest absolute Gasteiger partial charge is 0.344 e. The number of rotatable bonds is 4. The quantitative estimate of drug-likeness (QED) is 0.686. The maximum absolute atomic E-state index is 12.4. The summed E-state index contributed by atoms with van der Waals surface area (Å²) >= 11 is 0. The highest BCUT2D eigenvalue weighted by Crippen LogP contribution is 2.26. The van der Waals surface area contributed by atoms with Crippen LogP contribution >= 0.6 is 0 Å². The number of fused-ring (bicyclic) bond motifs is 1. The molecule has 0 saturated carbocycles. The molecule has 0 radical (unpaired) electrons. The van der Waals surface area contributed by atoms with E-state index in [9.17, 15) is 9.59 Å². The number of furan rings is 1. The number of esters is 2. The molecule has 6 heteroatoms. The van der Waals surface area contributed by atoms with Crippen LogP contribution in [0.3, 0.4) is 0 Å². The summed E-state index contributed by atoms with van der Waals surface area (Å²) in [5.74, 6) is 0.0576. The molecule has 3 aromatic rings. The molecule has 0 aliphatic heterocycles. The fraction of sp³-hybridized carbons (Fsp3) is 0.167. The largest absolute Gasteiger partial charge is 0.466 e. The molecular formula is C18H15NO5. The minimum Gasteiger partial charge on any atom is -0.466 e. The van der Waals surface area contributed by atoms with E-state index in [0.717, 1.165) is 5.76 Å². The van der Waals surface area contributed by atoms with Gasteiger partial charge >= 0.3 is 11.9 Å². The van der Waals surface area contributed by atoms with Gasteiger partial charge < -0.3 is 13.9 Å². The molecule has 0 N–H and O–H groups in total. The molecule has 0 fully saturated rings. The lowest BCUT2D eigenvalue weighted by Gasteiger charge is -2.08. The lowest BCUT2D eigenvalue weighted by atomic mass is 10.1. The normalized spacial score (nSPS) is 10.6. The van der Waals surface area contributed by atoms with E-state index in [4.69, 9.17) is 9.15 Å². The van der Waals surface area contributed by atoms with Crippen LogP contribution in [0.4, 0.5) is 0 Å². The lowest BCUT2D eigenvalue weighted by molar-refractivity contribution is -0.144. The molecule has 1 aromatic carbocycles. The Balaban J connectivity index is 2.04. The zero-order valence-corrected chi connectivity index (χ0v) is 13.2. The molecule has 0 aliphatic carbocycles. The van der Waals surface area contributed by atoms with E-state index in [-0.39, 0.29) is 0 Å². The van der Waals surface area contributed by atoms with Gasteiger partial charge in [-0.25, -0.2) is 14.6 Å². The van der Waals surface area contributed by atoms with Gasteiger partial charge in [0.2, 0.25) is 0 Å². The van der Waals surface area contributed by atoms with E-state index in [1.54, 1.807) is 30.3 Å². The van der Waals surface area contributed by atoms with Crippen LogP contribution in [0, 0.1) is 6.92 Å². The summed E-state index contributed by atoms with van der Waals surface area (Å²) in [6.07, 6.45) is 0. The third-order valence-corrected chi connectivity index (χ3v) is 3.48. The summed E-state index contributed by atoms with van der Waals surface area (Å²) in [5.41, 5.74) is 1.47. The first kappa shape index (κ1) is 15.7. The van der Waals surface area contributed by atoms with Gasteiger partial charge in [-0.15, -0.1) is 0 Å². The van der Waals surface area contributed by atoms with Crippen molar-refractivity contribution in [1.29, 1.82) is 0 Å². The van der Waals surface area contributed by atoms with Crippen LogP contribution in [0.25, 0.3) is 22.4 Å². The summed E-state index contributed by atoms with van der Waals surface area (Å²) in [7, 11) is 1.23. The molecule has 122 valence electrons. The average molecular weight is 325 g/mol. The molecule has 0 saturated heterocycles. The minimum atomic E-state index is -0.622. The average Bonchev–Trinajstić information content (AvgIpc) is 3.04. The molecule has 0 amide bonds. The Morgan fingerprint density at radius 2 is 1.96 bits per heavy atom. The molecule has 0 unspecified atom stereocenters. The fourth-order valence-electron chi connectivity index (χ4n) is 2.30. The van der Waals surface area contributed by atoms with Gasteiger partial charge in [-0.3, -0.25) is 0 Å². The number of para-hydroxylation sites is 1. The number of carbonyl (C=O) groups is 2. The third-order valence-electron chi connectivity index (χ3n) is 3.48. The number of pyridine rings is 1. The molecule has 2 aromatic heterocycles. The number of methoxy groups -OCH3 is 1. The third kappa shape index (κ3) is 3.12. The number of hydrogen-bond acceptors (Lipinski definition) is 6. The van der Waals surface area contributed by atoms with Crippen molar-refractivity contribution in [2.75, 3.05) is 13.7 Å². The van der Waals surface area contributed by atoms with Crippen molar-refractivity contribution in [2.24, 2.45) is 0 Å². The molecule has 0 aliphatic rings. The number of hydrogen-bond donors (Lipinski definition) is 0. The van der Waals surface area contributed by atoms with Crippen LogP contribution in [-0.4, -0.2) is 30.6 Å². The molecule has 0 bridgehead atoms. The number of aryl methyl sites for hydroxylation is 1. The van der Waals surface area contributed by atoms with E-state index in [2.05, 4.69) is 9.72 Å². The summed E-state index contributed by atoms with van der Waals surface area (Å²) in [6, 6.07) is 12.4. The Hall–Kier alpha value is -3.15. The van der Waals surface area contributed by atoms with Crippen LogP contribution in [0.15, 0.2) is 46.9 Å². The van der Waals surface area contributed by atoms with Crippen molar-refractivity contribution in [2.45, 2.75) is 6.92 Å². The Morgan fingerprint density at radius 3 is 2.67 bits per heavy atom. The molecule has 24 heavy (non-hydrogen) atoms. The SMILES string of the molecule is COC(=O)COC(=O)c1cc(-c2ccc(C)o2)nc2ccccc12. The summed E-state index contributed by atoms with van der Waals surface area (Å²) in [6.45, 7) is 1.39. The Bertz CT molecular complexity index is 913. The number of ether oxygens (including phenoxy) is 2. The van der Waals surface area contributed by atoms with Crippen molar-refractivity contribution in [3.8, 4) is 11.5 Å². The number of carbonyl (C=O) groups excluding carboxylic acids is 2. The van der Waals surface area contributed by atoms with Gasteiger partial charge in [0.05, 0.1) is 18.2 Å². The molecule has 6 nitrogen and oxygen atoms in total. The summed E-state index contributed by atoms with van der Waals surface area (Å²) in [5, 5.41) is 0.638. The Labute approximate surface area is 138 Å². The van der Waals surface area contributed by atoms with Crippen LogP contribution < -0.4 is 0 Å². The molecule has 0 atom stereocenters. The second kappa shape index (κ2) is 6.54. The van der Waals surface area contributed by atoms with Gasteiger partial charge in [-0.1, -0.05) is 18.2 Å². The summed E-state index contributed by atoms with van der Waals surface area (Å²) in [4.78, 5) is 28.1. The van der Waals surface area contributed by atoms with Crippen LogP contribution in [0.1, 0.15) is 16.1 Å². The van der Waals surface area contributed by atoms with E-state index in [1.807, 2.05) is 19.1 Å². The maximum Gasteiger partial charge on any atom is 0.344 e. The van der Waals surface area contributed by atoms with Crippen molar-refractivity contribution in [1.82, 2.24) is 4.98 Å². The first-order valence-corrected chi connectivity index (χ1v) is 7.29. The number of aromatic nitrogens is 1. The second-order valence-electron chi connectivity index (χ2n) is 5.13. The zero-order chi connectivity index (χ0) is 17.1. The van der Waals surface area contributed by atoms with E-state index < -0.39 is 18.5 Å². The van der Waals surface area contributed by atoms with Gasteiger partial charge in [0.1, 0.15) is 11.5 Å². The molecular weight excluding hydrogens is 310 g/mol. The van der Waals surface area contributed by atoms with Crippen LogP contribution in [-0.2, 0) is 14.3 Å². The van der Waals surface area contributed by atoms with Gasteiger partial charge in [0, 0.05) is 5.39 Å². The van der Waals surface area contributed by atoms with Crippen LogP contribution in [0.2, 0.25) is 0 Å². The minimum absolute atomic E-state index is 0.313. The van der Waals surface area contributed by atoms with Gasteiger partial charge in [0.25, 0.3) is 0 Å². The first-order chi connectivity index (χ1) is 11.6. The van der Waals surface area contributed by atoms with E-state index >= 15 is 0 Å². The first-order valence-electron chi connectivity index (χ1n) is 7.29. The predicted octanol–water partition coefficient (Wildman–Crippen LogP) is 3.13. The summed E-state index contributed by atoms with van der Waals surface area (Å²) < 4.78 is 15.1. The zero-order valence-electron chi connectivity index (χ0n) is 13.2. The van der Waals surface area contributed by atoms with Crippen molar-refractivity contribution >= 4 is 22.8 Å². The number of benzene rings is 1. The van der Waals surface area contributed by atoms with Crippen molar-refractivity contribution in [3.63, 3.8) is 0 Å². The lowest BCUT2D eigenvalue weighted by Crippen LogP contribution is -2.15. The highest BCUT2D eigenvalue weighted by atomic mass is 16.6. The molecule has 2 heterocycles. The molecule has 3 rings (SSSR count). The van der Waals surface area contributed by atoms with Gasteiger partial charge in [0.15, 0.2) is 12.4 Å². The topological polar surface area (TPSA) is 78.6 Å². The maximum atomic E-state index is 12.4. The predicted molar refractivity (Wildman–Crippen MR) is 86.5 cm³/mol. The monoisotopic (exact) mass is 325 g/mol. The van der Waals surface area contributed by atoms with E-state index in [1.165, 1.54) is 7.11 Å². The van der Waals surface area contributed by atoms with Crippen LogP contribution in [0.5, 0.6) is 0 Å². The van der Waals surface area contributed by atoms with Gasteiger partial charge in [-0.05, 0) is 31.2 Å². The molecule has 0 spiro atoms. The Morgan fingerprint density at radius 1 is 1.17 bits per heavy atom. The number of nitrogens with zero attached hydrogens (tertiary/aromatic N) is 1. The highest BCUT2D eigenvalue weighted by molar-refractivity contribution is 6.04. The van der Waals surface area contributed by atoms with E-state index in [0.29, 0.717) is 27.9 Å². The van der Waals surface area contributed by atoms with Crippen molar-refractivity contribution < 1.29 is 23.5 Å². The highest BCUT2D eigenvalue weighted by Gasteiger charge is 2.17. The van der Waals surface area contributed by atoms with Crippen molar-refractivity contribution in [3.05, 3.63) is 53.8 Å². The standard InChI is InChI=1S/C18H15NO5/c1-11-7-8-16(24-11)15-9-13(18(21)23-10-17(20)22-2)12-5-3-4-6-14(12)19-15/h3-9H,10H2,1-2H3.